The molecule has 1 atom stereocenters. The molecule has 0 amide bonds. The van der Waals surface area contributed by atoms with E-state index in [1.54, 1.807) is 0 Å². The lowest BCUT2D eigenvalue weighted by atomic mass is 10.2. The molecule has 1 unspecified atom stereocenters. The minimum absolute atomic E-state index is 0.750. The Labute approximate surface area is 69.9 Å². The van der Waals surface area contributed by atoms with Crippen LogP contribution in [-0.4, -0.2) is 12.6 Å². The van der Waals surface area contributed by atoms with Gasteiger partial charge in [0, 0.05) is 6.04 Å². The fourth-order valence-electron chi connectivity index (χ4n) is 1.32. The van der Waals surface area contributed by atoms with Gasteiger partial charge in [-0.2, -0.15) is 0 Å². The van der Waals surface area contributed by atoms with Gasteiger partial charge in [-0.05, 0) is 45.6 Å². The Morgan fingerprint density at radius 2 is 2.27 bits per heavy atom. The first-order chi connectivity index (χ1) is 5.34. The monoisotopic (exact) mass is 153 g/mol. The normalized spacial score (nSPS) is 20.9. The smallest absolute Gasteiger partial charge is 0.00671 e. The first-order valence-corrected chi connectivity index (χ1v) is 4.69. The predicted octanol–water partition coefficient (Wildman–Crippen LogP) is 2.34. The van der Waals surface area contributed by atoms with Crippen LogP contribution < -0.4 is 5.32 Å². The lowest BCUT2D eigenvalue weighted by Gasteiger charge is -2.10. The third kappa shape index (κ3) is 3.57. The molecule has 0 bridgehead atoms. The van der Waals surface area contributed by atoms with Crippen LogP contribution in [0.25, 0.3) is 0 Å². The van der Waals surface area contributed by atoms with Crippen LogP contribution >= 0.6 is 0 Å². The zero-order chi connectivity index (χ0) is 8.10. The fourth-order valence-corrected chi connectivity index (χ4v) is 1.32. The van der Waals surface area contributed by atoms with Gasteiger partial charge < -0.3 is 5.32 Å². The summed E-state index contributed by atoms with van der Waals surface area (Å²) in [5, 5.41) is 3.53. The maximum Gasteiger partial charge on any atom is 0.00671 e. The van der Waals surface area contributed by atoms with E-state index in [2.05, 4.69) is 31.3 Å². The van der Waals surface area contributed by atoms with Gasteiger partial charge in [-0.3, -0.25) is 0 Å². The average Bonchev–Trinajstić information content (AvgIpc) is 2.79. The summed E-state index contributed by atoms with van der Waals surface area (Å²) in [6.07, 6.45) is 8.39. The molecule has 0 aromatic carbocycles. The molecular weight excluding hydrogens is 134 g/mol. The van der Waals surface area contributed by atoms with E-state index in [0.717, 1.165) is 18.5 Å². The number of nitrogens with one attached hydrogen (secondary N) is 1. The molecule has 1 saturated carbocycles. The van der Waals surface area contributed by atoms with E-state index in [1.807, 2.05) is 0 Å². The molecule has 0 aromatic heterocycles. The Morgan fingerprint density at radius 1 is 1.55 bits per heavy atom. The van der Waals surface area contributed by atoms with Gasteiger partial charge in [-0.15, -0.1) is 0 Å². The Hall–Kier alpha value is -0.300. The first kappa shape index (κ1) is 8.79. The molecule has 0 spiro atoms. The van der Waals surface area contributed by atoms with Crippen molar-refractivity contribution in [3.05, 3.63) is 12.2 Å². The van der Waals surface area contributed by atoms with E-state index in [-0.39, 0.29) is 0 Å². The van der Waals surface area contributed by atoms with E-state index in [0.29, 0.717) is 0 Å². The fraction of sp³-hybridized carbons (Fsp3) is 0.800. The Morgan fingerprint density at radius 3 is 2.82 bits per heavy atom. The van der Waals surface area contributed by atoms with Crippen molar-refractivity contribution in [1.29, 1.82) is 0 Å². The predicted molar refractivity (Wildman–Crippen MR) is 49.6 cm³/mol. The zero-order valence-electron chi connectivity index (χ0n) is 7.64. The summed E-state index contributed by atoms with van der Waals surface area (Å²) >= 11 is 0. The standard InChI is InChI=1S/C10H19N/c1-3-4-5-8-11-9(2)10-6-7-10/h3-4,9-11H,5-8H2,1-2H3/b4-3+. The molecule has 0 aromatic rings. The van der Waals surface area contributed by atoms with Crippen LogP contribution in [0.1, 0.15) is 33.1 Å². The van der Waals surface area contributed by atoms with E-state index in [1.165, 1.54) is 19.3 Å². The molecule has 0 saturated heterocycles. The molecular formula is C10H19N. The summed E-state index contributed by atoms with van der Waals surface area (Å²) in [4.78, 5) is 0. The van der Waals surface area contributed by atoms with Crippen molar-refractivity contribution in [3.63, 3.8) is 0 Å². The Bertz CT molecular complexity index is 125. The van der Waals surface area contributed by atoms with Gasteiger partial charge in [0.1, 0.15) is 0 Å². The SMILES string of the molecule is C/C=C/CCNC(C)C1CC1. The van der Waals surface area contributed by atoms with Gasteiger partial charge in [-0.1, -0.05) is 12.2 Å². The molecule has 0 aliphatic heterocycles. The van der Waals surface area contributed by atoms with E-state index in [4.69, 9.17) is 0 Å². The van der Waals surface area contributed by atoms with Crippen LogP contribution in [0.2, 0.25) is 0 Å². The van der Waals surface area contributed by atoms with Gasteiger partial charge in [0.05, 0.1) is 0 Å². The third-order valence-corrected chi connectivity index (χ3v) is 2.34. The van der Waals surface area contributed by atoms with Gasteiger partial charge in [0.2, 0.25) is 0 Å². The third-order valence-electron chi connectivity index (χ3n) is 2.34. The second-order valence-corrected chi connectivity index (χ2v) is 3.44. The molecule has 1 heteroatoms. The van der Waals surface area contributed by atoms with E-state index >= 15 is 0 Å². The molecule has 1 nitrogen and oxygen atoms in total. The summed E-state index contributed by atoms with van der Waals surface area (Å²) < 4.78 is 0. The topological polar surface area (TPSA) is 12.0 Å². The molecule has 64 valence electrons. The largest absolute Gasteiger partial charge is 0.314 e. The summed E-state index contributed by atoms with van der Waals surface area (Å²) in [5.41, 5.74) is 0. The van der Waals surface area contributed by atoms with Gasteiger partial charge in [0.25, 0.3) is 0 Å². The highest BCUT2D eigenvalue weighted by atomic mass is 14.9. The van der Waals surface area contributed by atoms with E-state index < -0.39 is 0 Å². The van der Waals surface area contributed by atoms with Crippen molar-refractivity contribution in [2.24, 2.45) is 5.92 Å². The summed E-state index contributed by atoms with van der Waals surface area (Å²) in [6.45, 7) is 5.51. The molecule has 0 radical (unpaired) electrons. The second kappa shape index (κ2) is 4.55. The van der Waals surface area contributed by atoms with Crippen LogP contribution in [0.15, 0.2) is 12.2 Å². The van der Waals surface area contributed by atoms with Crippen molar-refractivity contribution in [1.82, 2.24) is 5.32 Å². The number of allylic oxidation sites excluding steroid dienone is 1. The maximum absolute atomic E-state index is 3.53. The van der Waals surface area contributed by atoms with Crippen LogP contribution in [0.4, 0.5) is 0 Å². The molecule has 11 heavy (non-hydrogen) atoms. The highest BCUT2D eigenvalue weighted by Gasteiger charge is 2.26. The molecule has 1 rings (SSSR count). The van der Waals surface area contributed by atoms with Gasteiger partial charge in [0.15, 0.2) is 0 Å². The van der Waals surface area contributed by atoms with Crippen LogP contribution in [0.5, 0.6) is 0 Å². The lowest BCUT2D eigenvalue weighted by molar-refractivity contribution is 0.502. The number of rotatable bonds is 5. The first-order valence-electron chi connectivity index (χ1n) is 4.69. The van der Waals surface area contributed by atoms with Gasteiger partial charge >= 0.3 is 0 Å². The highest BCUT2D eigenvalue weighted by Crippen LogP contribution is 2.32. The quantitative estimate of drug-likeness (QED) is 0.472. The van der Waals surface area contributed by atoms with Crippen LogP contribution in [0, 0.1) is 5.92 Å². The van der Waals surface area contributed by atoms with Crippen molar-refractivity contribution in [3.8, 4) is 0 Å². The molecule has 1 aliphatic rings. The van der Waals surface area contributed by atoms with Crippen LogP contribution in [-0.2, 0) is 0 Å². The Kier molecular flexibility index (Phi) is 3.64. The average molecular weight is 153 g/mol. The lowest BCUT2D eigenvalue weighted by Crippen LogP contribution is -2.28. The minimum atomic E-state index is 0.750. The maximum atomic E-state index is 3.53. The molecule has 1 fully saturated rings. The second-order valence-electron chi connectivity index (χ2n) is 3.44. The van der Waals surface area contributed by atoms with Crippen molar-refractivity contribution >= 4 is 0 Å². The molecule has 1 N–H and O–H groups in total. The number of hydrogen-bond donors (Lipinski definition) is 1. The van der Waals surface area contributed by atoms with Crippen molar-refractivity contribution in [2.75, 3.05) is 6.54 Å². The van der Waals surface area contributed by atoms with Crippen LogP contribution in [0.3, 0.4) is 0 Å². The van der Waals surface area contributed by atoms with Crippen molar-refractivity contribution in [2.45, 2.75) is 39.2 Å². The Balaban J connectivity index is 1.93. The minimum Gasteiger partial charge on any atom is -0.314 e. The number of hydrogen-bond acceptors (Lipinski definition) is 1. The summed E-state index contributed by atoms with van der Waals surface area (Å²) in [6, 6.07) is 0.750. The van der Waals surface area contributed by atoms with Gasteiger partial charge in [-0.25, -0.2) is 0 Å². The zero-order valence-corrected chi connectivity index (χ0v) is 7.64. The molecule has 1 aliphatic carbocycles. The summed E-state index contributed by atoms with van der Waals surface area (Å²) in [7, 11) is 0. The molecule has 0 heterocycles. The highest BCUT2D eigenvalue weighted by molar-refractivity contribution is 4.84. The van der Waals surface area contributed by atoms with Crippen molar-refractivity contribution < 1.29 is 0 Å². The van der Waals surface area contributed by atoms with E-state index in [9.17, 15) is 0 Å². The summed E-state index contributed by atoms with van der Waals surface area (Å²) in [5.74, 6) is 0.987.